The number of hydrogen-bond acceptors (Lipinski definition) is 6. The maximum atomic E-state index is 12.1. The molecule has 0 spiro atoms. The molecule has 0 bridgehead atoms. The highest BCUT2D eigenvalue weighted by Gasteiger charge is 2.29. The number of aliphatic hydroxyl groups excluding tert-OH is 1. The van der Waals surface area contributed by atoms with E-state index >= 15 is 0 Å². The van der Waals surface area contributed by atoms with Crippen molar-refractivity contribution in [3.63, 3.8) is 0 Å². The largest absolute Gasteiger partial charge is 0.508 e. The summed E-state index contributed by atoms with van der Waals surface area (Å²) in [5, 5.41) is 32.3. The van der Waals surface area contributed by atoms with Crippen molar-refractivity contribution in [3.05, 3.63) is 29.8 Å². The van der Waals surface area contributed by atoms with Crippen LogP contribution in [0, 0.1) is 5.92 Å². The molecular weight excluding hydrogens is 342 g/mol. The third kappa shape index (κ3) is 6.34. The van der Waals surface area contributed by atoms with Gasteiger partial charge in [0, 0.05) is 0 Å². The SMILES string of the molecule is CC(C)C(NC(=O)C(CO)NC(=O)C(N)Cc1ccc(O)cc1)C(=O)O. The van der Waals surface area contributed by atoms with E-state index in [1.165, 1.54) is 12.1 Å². The second kappa shape index (κ2) is 9.73. The van der Waals surface area contributed by atoms with Crippen LogP contribution in [0.2, 0.25) is 0 Å². The van der Waals surface area contributed by atoms with Crippen LogP contribution < -0.4 is 16.4 Å². The lowest BCUT2D eigenvalue weighted by Crippen LogP contribution is -2.56. The van der Waals surface area contributed by atoms with E-state index in [1.807, 2.05) is 0 Å². The number of rotatable bonds is 9. The quantitative estimate of drug-likeness (QED) is 0.325. The van der Waals surface area contributed by atoms with Crippen molar-refractivity contribution in [2.24, 2.45) is 11.7 Å². The summed E-state index contributed by atoms with van der Waals surface area (Å²) in [6.45, 7) is 2.55. The summed E-state index contributed by atoms with van der Waals surface area (Å²) in [5.74, 6) is -2.96. The number of aromatic hydroxyl groups is 1. The van der Waals surface area contributed by atoms with Gasteiger partial charge in [0.15, 0.2) is 0 Å². The number of nitrogens with one attached hydrogen (secondary N) is 2. The summed E-state index contributed by atoms with van der Waals surface area (Å²) < 4.78 is 0. The molecule has 9 nitrogen and oxygen atoms in total. The van der Waals surface area contributed by atoms with E-state index in [0.717, 1.165) is 0 Å². The zero-order valence-corrected chi connectivity index (χ0v) is 14.7. The van der Waals surface area contributed by atoms with Gasteiger partial charge < -0.3 is 31.7 Å². The highest BCUT2D eigenvalue weighted by atomic mass is 16.4. The maximum absolute atomic E-state index is 12.1. The normalized spacial score (nSPS) is 14.3. The molecule has 1 aromatic rings. The third-order valence-corrected chi connectivity index (χ3v) is 3.77. The Labute approximate surface area is 151 Å². The van der Waals surface area contributed by atoms with Gasteiger partial charge in [-0.15, -0.1) is 0 Å². The van der Waals surface area contributed by atoms with Gasteiger partial charge >= 0.3 is 5.97 Å². The van der Waals surface area contributed by atoms with E-state index in [-0.39, 0.29) is 18.1 Å². The number of carbonyl (C=O) groups is 3. The Balaban J connectivity index is 2.67. The number of carboxylic acids is 1. The van der Waals surface area contributed by atoms with E-state index in [0.29, 0.717) is 5.56 Å². The summed E-state index contributed by atoms with van der Waals surface area (Å²) in [6, 6.07) is 2.70. The van der Waals surface area contributed by atoms with Crippen LogP contribution in [0.3, 0.4) is 0 Å². The Morgan fingerprint density at radius 1 is 1.08 bits per heavy atom. The zero-order chi connectivity index (χ0) is 19.9. The first kappa shape index (κ1) is 21.4. The molecule has 0 saturated heterocycles. The topological polar surface area (TPSA) is 162 Å². The first-order valence-corrected chi connectivity index (χ1v) is 8.13. The number of benzene rings is 1. The number of nitrogens with two attached hydrogens (primary N) is 1. The molecule has 2 amide bonds. The van der Waals surface area contributed by atoms with Crippen LogP contribution in [0.1, 0.15) is 19.4 Å². The molecule has 0 aliphatic heterocycles. The molecule has 9 heteroatoms. The fraction of sp³-hybridized carbons (Fsp3) is 0.471. The summed E-state index contributed by atoms with van der Waals surface area (Å²) in [6.07, 6.45) is 0.162. The molecule has 0 fully saturated rings. The fourth-order valence-corrected chi connectivity index (χ4v) is 2.22. The smallest absolute Gasteiger partial charge is 0.326 e. The zero-order valence-electron chi connectivity index (χ0n) is 14.7. The Kier molecular flexibility index (Phi) is 8.01. The number of aliphatic hydroxyl groups is 1. The predicted molar refractivity (Wildman–Crippen MR) is 93.2 cm³/mol. The van der Waals surface area contributed by atoms with Crippen LogP contribution >= 0.6 is 0 Å². The highest BCUT2D eigenvalue weighted by Crippen LogP contribution is 2.11. The number of aliphatic carboxylic acids is 1. The van der Waals surface area contributed by atoms with Gasteiger partial charge in [-0.25, -0.2) is 4.79 Å². The number of amides is 2. The highest BCUT2D eigenvalue weighted by molar-refractivity contribution is 5.92. The number of hydrogen-bond donors (Lipinski definition) is 6. The van der Waals surface area contributed by atoms with Crippen molar-refractivity contribution >= 4 is 17.8 Å². The number of carboxylic acid groups (broad SMARTS) is 1. The Morgan fingerprint density at radius 2 is 1.65 bits per heavy atom. The first-order chi connectivity index (χ1) is 12.1. The molecule has 144 valence electrons. The van der Waals surface area contributed by atoms with Crippen LogP contribution in [0.15, 0.2) is 24.3 Å². The maximum Gasteiger partial charge on any atom is 0.326 e. The van der Waals surface area contributed by atoms with Crippen molar-refractivity contribution in [2.75, 3.05) is 6.61 Å². The summed E-state index contributed by atoms with van der Waals surface area (Å²) in [5.41, 5.74) is 6.52. The molecule has 0 aliphatic carbocycles. The number of phenolic OH excluding ortho intramolecular Hbond substituents is 1. The van der Waals surface area contributed by atoms with E-state index in [4.69, 9.17) is 10.8 Å². The summed E-state index contributed by atoms with van der Waals surface area (Å²) >= 11 is 0. The van der Waals surface area contributed by atoms with Crippen molar-refractivity contribution in [1.29, 1.82) is 0 Å². The van der Waals surface area contributed by atoms with Gasteiger partial charge in [0.25, 0.3) is 0 Å². The molecule has 3 unspecified atom stereocenters. The fourth-order valence-electron chi connectivity index (χ4n) is 2.22. The number of phenols is 1. The molecule has 1 rings (SSSR count). The second-order valence-electron chi connectivity index (χ2n) is 6.29. The lowest BCUT2D eigenvalue weighted by molar-refractivity contribution is -0.143. The minimum atomic E-state index is -1.31. The molecular formula is C17H25N3O6. The van der Waals surface area contributed by atoms with Gasteiger partial charge in [-0.2, -0.15) is 0 Å². The Bertz CT molecular complexity index is 632. The van der Waals surface area contributed by atoms with Gasteiger partial charge in [0.2, 0.25) is 11.8 Å². The monoisotopic (exact) mass is 367 g/mol. The average Bonchev–Trinajstić information content (AvgIpc) is 2.58. The van der Waals surface area contributed by atoms with Crippen LogP contribution in [0.5, 0.6) is 5.75 Å². The van der Waals surface area contributed by atoms with Crippen molar-refractivity contribution < 1.29 is 29.7 Å². The number of carbonyl (C=O) groups excluding carboxylic acids is 2. The van der Waals surface area contributed by atoms with Gasteiger partial charge in [-0.05, 0) is 30.0 Å². The molecule has 0 aromatic heterocycles. The van der Waals surface area contributed by atoms with Crippen LogP contribution in [0.4, 0.5) is 0 Å². The minimum Gasteiger partial charge on any atom is -0.508 e. The van der Waals surface area contributed by atoms with Crippen LogP contribution in [0.25, 0.3) is 0 Å². The molecule has 1 aromatic carbocycles. The predicted octanol–water partition coefficient (Wildman–Crippen LogP) is -1.04. The molecule has 0 saturated carbocycles. The molecule has 7 N–H and O–H groups in total. The van der Waals surface area contributed by atoms with Gasteiger partial charge in [0.1, 0.15) is 17.8 Å². The van der Waals surface area contributed by atoms with E-state index in [1.54, 1.807) is 26.0 Å². The lowest BCUT2D eigenvalue weighted by atomic mass is 10.0. The standard InChI is InChI=1S/C17H25N3O6/c1-9(2)14(17(25)26)20-16(24)13(8-21)19-15(23)12(18)7-10-3-5-11(22)6-4-10/h3-6,9,12-14,21-22H,7-8,18H2,1-2H3,(H,19,23)(H,20,24)(H,25,26). The molecule has 3 atom stereocenters. The van der Waals surface area contributed by atoms with Gasteiger partial charge in [-0.3, -0.25) is 9.59 Å². The third-order valence-electron chi connectivity index (χ3n) is 3.77. The van der Waals surface area contributed by atoms with E-state index in [9.17, 15) is 24.6 Å². The second-order valence-corrected chi connectivity index (χ2v) is 6.29. The first-order valence-electron chi connectivity index (χ1n) is 8.13. The van der Waals surface area contributed by atoms with E-state index < -0.39 is 42.5 Å². The Morgan fingerprint density at radius 3 is 2.12 bits per heavy atom. The molecule has 0 radical (unpaired) electrons. The minimum absolute atomic E-state index is 0.0851. The summed E-state index contributed by atoms with van der Waals surface area (Å²) in [4.78, 5) is 35.4. The van der Waals surface area contributed by atoms with Crippen molar-refractivity contribution in [2.45, 2.75) is 38.4 Å². The van der Waals surface area contributed by atoms with Gasteiger partial charge in [-0.1, -0.05) is 26.0 Å². The van der Waals surface area contributed by atoms with Crippen molar-refractivity contribution in [1.82, 2.24) is 10.6 Å². The lowest BCUT2D eigenvalue weighted by Gasteiger charge is -2.23. The summed E-state index contributed by atoms with van der Waals surface area (Å²) in [7, 11) is 0. The van der Waals surface area contributed by atoms with Crippen LogP contribution in [-0.2, 0) is 20.8 Å². The molecule has 0 aliphatic rings. The molecule has 0 heterocycles. The average molecular weight is 367 g/mol. The Hall–Kier alpha value is -2.65. The molecule has 26 heavy (non-hydrogen) atoms. The van der Waals surface area contributed by atoms with Crippen LogP contribution in [-0.4, -0.2) is 57.8 Å². The van der Waals surface area contributed by atoms with Crippen molar-refractivity contribution in [3.8, 4) is 5.75 Å². The van der Waals surface area contributed by atoms with E-state index in [2.05, 4.69) is 10.6 Å². The van der Waals surface area contributed by atoms with Gasteiger partial charge in [0.05, 0.1) is 12.6 Å².